The second-order valence-electron chi connectivity index (χ2n) is 7.21. The van der Waals surface area contributed by atoms with Crippen LogP contribution in [0.2, 0.25) is 0 Å². The zero-order valence-electron chi connectivity index (χ0n) is 17.7. The van der Waals surface area contributed by atoms with Crippen molar-refractivity contribution in [1.29, 1.82) is 5.26 Å². The van der Waals surface area contributed by atoms with Gasteiger partial charge in [0.2, 0.25) is 0 Å². The fraction of sp³-hybridized carbons (Fsp3) is 0.222. The lowest BCUT2D eigenvalue weighted by atomic mass is 9.88. The van der Waals surface area contributed by atoms with Gasteiger partial charge in [0, 0.05) is 6.54 Å². The van der Waals surface area contributed by atoms with Crippen LogP contribution >= 0.6 is 0 Å². The first-order chi connectivity index (χ1) is 14.7. The molecule has 3 aromatic carbocycles. The summed E-state index contributed by atoms with van der Waals surface area (Å²) in [6.45, 7) is 3.90. The van der Waals surface area contributed by atoms with Crippen LogP contribution in [0.5, 0.6) is 5.75 Å². The molecule has 0 saturated carbocycles. The molecule has 3 rings (SSSR count). The van der Waals surface area contributed by atoms with E-state index in [2.05, 4.69) is 85.8 Å². The summed E-state index contributed by atoms with van der Waals surface area (Å²) in [7, 11) is 1.92. The fourth-order valence-corrected chi connectivity index (χ4v) is 3.52. The average molecular weight is 397 g/mol. The summed E-state index contributed by atoms with van der Waals surface area (Å²) < 4.78 is 5.87. The Morgan fingerprint density at radius 1 is 0.833 bits per heavy atom. The summed E-state index contributed by atoms with van der Waals surface area (Å²) >= 11 is 0. The highest BCUT2D eigenvalue weighted by atomic mass is 16.5. The van der Waals surface area contributed by atoms with Gasteiger partial charge in [-0.05, 0) is 53.4 Å². The number of allylic oxidation sites excluding steroid dienone is 1. The Labute approximate surface area is 179 Å². The molecule has 0 aromatic heterocycles. The van der Waals surface area contributed by atoms with Crippen molar-refractivity contribution >= 4 is 11.1 Å². The maximum absolute atomic E-state index is 8.74. The largest absolute Gasteiger partial charge is 0.492 e. The van der Waals surface area contributed by atoms with Crippen molar-refractivity contribution in [1.82, 2.24) is 4.90 Å². The molecule has 0 bridgehead atoms. The van der Waals surface area contributed by atoms with Gasteiger partial charge >= 0.3 is 0 Å². The van der Waals surface area contributed by atoms with Crippen molar-refractivity contribution in [3.8, 4) is 11.8 Å². The summed E-state index contributed by atoms with van der Waals surface area (Å²) in [5, 5.41) is 8.74. The Morgan fingerprint density at radius 3 is 1.97 bits per heavy atom. The van der Waals surface area contributed by atoms with Crippen LogP contribution in [0, 0.1) is 11.3 Å². The molecule has 0 unspecified atom stereocenters. The fourth-order valence-electron chi connectivity index (χ4n) is 3.52. The van der Waals surface area contributed by atoms with Crippen LogP contribution in [-0.2, 0) is 0 Å². The Bertz CT molecular complexity index is 987. The molecule has 0 aliphatic carbocycles. The average Bonchev–Trinajstić information content (AvgIpc) is 2.79. The molecule has 0 fully saturated rings. The Balaban J connectivity index is 1.90. The van der Waals surface area contributed by atoms with Gasteiger partial charge < -0.3 is 4.74 Å². The van der Waals surface area contributed by atoms with Crippen LogP contribution in [0.3, 0.4) is 0 Å². The van der Waals surface area contributed by atoms with E-state index in [-0.39, 0.29) is 0 Å². The lowest BCUT2D eigenvalue weighted by Gasteiger charge is -2.17. The number of hydrogen-bond acceptors (Lipinski definition) is 3. The third kappa shape index (κ3) is 5.59. The zero-order valence-corrected chi connectivity index (χ0v) is 17.7. The van der Waals surface area contributed by atoms with Crippen LogP contribution in [0.25, 0.3) is 11.1 Å². The molecule has 0 atom stereocenters. The van der Waals surface area contributed by atoms with E-state index in [1.807, 2.05) is 24.1 Å². The summed E-state index contributed by atoms with van der Waals surface area (Å²) in [6.07, 6.45) is 0.942. The van der Waals surface area contributed by atoms with Crippen molar-refractivity contribution in [2.75, 3.05) is 26.7 Å². The topological polar surface area (TPSA) is 36.3 Å². The predicted molar refractivity (Wildman–Crippen MR) is 124 cm³/mol. The van der Waals surface area contributed by atoms with E-state index in [4.69, 9.17) is 10.00 Å². The monoisotopic (exact) mass is 396 g/mol. The molecule has 0 spiro atoms. The van der Waals surface area contributed by atoms with Gasteiger partial charge in [-0.25, -0.2) is 0 Å². The van der Waals surface area contributed by atoms with E-state index in [1.54, 1.807) is 0 Å². The zero-order chi connectivity index (χ0) is 21.2. The second-order valence-corrected chi connectivity index (χ2v) is 7.21. The quantitative estimate of drug-likeness (QED) is 0.334. The van der Waals surface area contributed by atoms with E-state index in [9.17, 15) is 0 Å². The van der Waals surface area contributed by atoms with E-state index in [0.29, 0.717) is 13.2 Å². The molecular weight excluding hydrogens is 368 g/mol. The number of rotatable bonds is 9. The van der Waals surface area contributed by atoms with Crippen LogP contribution < -0.4 is 4.74 Å². The number of nitrogens with zero attached hydrogens (tertiary/aromatic N) is 2. The van der Waals surface area contributed by atoms with Gasteiger partial charge in [0.05, 0.1) is 12.6 Å². The van der Waals surface area contributed by atoms with E-state index < -0.39 is 0 Å². The first kappa shape index (κ1) is 21.4. The lowest BCUT2D eigenvalue weighted by molar-refractivity contribution is 0.251. The minimum Gasteiger partial charge on any atom is -0.492 e. The molecule has 152 valence electrons. The van der Waals surface area contributed by atoms with Gasteiger partial charge in [0.15, 0.2) is 0 Å². The molecule has 0 aliphatic rings. The van der Waals surface area contributed by atoms with Gasteiger partial charge in [-0.2, -0.15) is 5.26 Å². The Morgan fingerprint density at radius 2 is 1.40 bits per heavy atom. The van der Waals surface area contributed by atoms with Crippen LogP contribution in [0.4, 0.5) is 0 Å². The van der Waals surface area contributed by atoms with Crippen molar-refractivity contribution < 1.29 is 4.74 Å². The standard InChI is InChI=1S/C27H28N2O/c1-3-26(22-10-6-4-7-11-22)27(23-12-8-5-9-13-23)24-14-16-25(17-15-24)30-21-20-29(2)19-18-28/h4-17H,3,19-21H2,1-2H3/b27-26-. The van der Waals surface area contributed by atoms with Crippen LogP contribution in [0.15, 0.2) is 84.9 Å². The molecule has 0 radical (unpaired) electrons. The van der Waals surface area contributed by atoms with E-state index >= 15 is 0 Å². The maximum atomic E-state index is 8.74. The van der Waals surface area contributed by atoms with Gasteiger partial charge in [-0.15, -0.1) is 0 Å². The van der Waals surface area contributed by atoms with Gasteiger partial charge in [-0.1, -0.05) is 79.7 Å². The minimum atomic E-state index is 0.410. The van der Waals surface area contributed by atoms with E-state index in [1.165, 1.54) is 27.8 Å². The van der Waals surface area contributed by atoms with Gasteiger partial charge in [-0.3, -0.25) is 4.90 Å². The highest BCUT2D eigenvalue weighted by Gasteiger charge is 2.13. The third-order valence-electron chi connectivity index (χ3n) is 5.07. The molecule has 0 N–H and O–H groups in total. The lowest BCUT2D eigenvalue weighted by Crippen LogP contribution is -2.24. The van der Waals surface area contributed by atoms with Gasteiger partial charge in [0.1, 0.15) is 12.4 Å². The minimum absolute atomic E-state index is 0.410. The smallest absolute Gasteiger partial charge is 0.119 e. The molecule has 0 saturated heterocycles. The Hall–Kier alpha value is -3.35. The molecule has 3 nitrogen and oxygen atoms in total. The predicted octanol–water partition coefficient (Wildman–Crippen LogP) is 5.89. The SMILES string of the molecule is CC/C(=C(\c1ccccc1)c1ccc(OCCN(C)CC#N)cc1)c1ccccc1. The number of hydrogen-bond donors (Lipinski definition) is 0. The Kier molecular flexibility index (Phi) is 7.83. The highest BCUT2D eigenvalue weighted by molar-refractivity contribution is 5.98. The molecular formula is C27H28N2O. The molecule has 30 heavy (non-hydrogen) atoms. The third-order valence-corrected chi connectivity index (χ3v) is 5.07. The van der Waals surface area contributed by atoms with Crippen molar-refractivity contribution in [3.63, 3.8) is 0 Å². The molecule has 3 heteroatoms. The molecule has 0 aliphatic heterocycles. The molecule has 0 amide bonds. The summed E-state index contributed by atoms with van der Waals surface area (Å²) in [5.41, 5.74) is 6.22. The maximum Gasteiger partial charge on any atom is 0.119 e. The second kappa shape index (κ2) is 11.0. The number of nitriles is 1. The van der Waals surface area contributed by atoms with Crippen LogP contribution in [-0.4, -0.2) is 31.6 Å². The number of ether oxygens (including phenoxy) is 1. The molecule has 0 heterocycles. The summed E-state index contributed by atoms with van der Waals surface area (Å²) in [6, 6.07) is 31.6. The first-order valence-electron chi connectivity index (χ1n) is 10.4. The van der Waals surface area contributed by atoms with Gasteiger partial charge in [0.25, 0.3) is 0 Å². The first-order valence-corrected chi connectivity index (χ1v) is 10.4. The van der Waals surface area contributed by atoms with Crippen molar-refractivity contribution in [2.45, 2.75) is 13.3 Å². The van der Waals surface area contributed by atoms with Crippen molar-refractivity contribution in [3.05, 3.63) is 102 Å². The van der Waals surface area contributed by atoms with Crippen LogP contribution in [0.1, 0.15) is 30.0 Å². The van der Waals surface area contributed by atoms with E-state index in [0.717, 1.165) is 18.7 Å². The number of benzene rings is 3. The van der Waals surface area contributed by atoms with Crippen molar-refractivity contribution in [2.24, 2.45) is 0 Å². The summed E-state index contributed by atoms with van der Waals surface area (Å²) in [4.78, 5) is 1.94. The molecule has 3 aromatic rings. The summed E-state index contributed by atoms with van der Waals surface area (Å²) in [5.74, 6) is 0.842. The number of likely N-dealkylation sites (N-methyl/N-ethyl adjacent to an activating group) is 1. The normalized spacial score (nSPS) is 11.7. The highest BCUT2D eigenvalue weighted by Crippen LogP contribution is 2.34.